The molecule has 1 atom stereocenters. The molecule has 0 aliphatic rings. The van der Waals surface area contributed by atoms with E-state index in [1.165, 1.54) is 11.8 Å². The first-order chi connectivity index (χ1) is 12.4. The summed E-state index contributed by atoms with van der Waals surface area (Å²) in [5.74, 6) is -0.327. The molecule has 6 heteroatoms. The van der Waals surface area contributed by atoms with Gasteiger partial charge in [-0.25, -0.2) is 0 Å². The number of rotatable bonds is 7. The molecule has 0 bridgehead atoms. The van der Waals surface area contributed by atoms with Gasteiger partial charge in [0.05, 0.1) is 16.5 Å². The molecule has 0 saturated heterocycles. The number of hydrogen-bond acceptors (Lipinski definition) is 3. The zero-order valence-corrected chi connectivity index (χ0v) is 16.7. The van der Waals surface area contributed by atoms with Crippen LogP contribution in [0.5, 0.6) is 0 Å². The molecule has 0 aromatic heterocycles. The van der Waals surface area contributed by atoms with Crippen LogP contribution in [0, 0.1) is 0 Å². The van der Waals surface area contributed by atoms with E-state index >= 15 is 0 Å². The SMILES string of the molecule is CC[C@@H](Sc1ccc(Cl)cc1)C(=O)Nc1ccccc1C(=O)NC(C)C. The van der Waals surface area contributed by atoms with Crippen LogP contribution in [0.15, 0.2) is 53.4 Å². The molecule has 0 saturated carbocycles. The Morgan fingerprint density at radius 1 is 1.08 bits per heavy atom. The average molecular weight is 391 g/mol. The second-order valence-corrected chi connectivity index (χ2v) is 7.84. The maximum absolute atomic E-state index is 12.7. The van der Waals surface area contributed by atoms with E-state index in [1.807, 2.05) is 32.9 Å². The fourth-order valence-electron chi connectivity index (χ4n) is 2.34. The standard InChI is InChI=1S/C20H23ClN2O2S/c1-4-18(26-15-11-9-14(21)10-12-15)20(25)23-17-8-6-5-7-16(17)19(24)22-13(2)3/h5-13,18H,4H2,1-3H3,(H,22,24)(H,23,25)/t18-/m1/s1. The Balaban J connectivity index is 2.12. The normalized spacial score (nSPS) is 11.9. The monoisotopic (exact) mass is 390 g/mol. The van der Waals surface area contributed by atoms with E-state index in [2.05, 4.69) is 10.6 Å². The van der Waals surface area contributed by atoms with E-state index in [9.17, 15) is 9.59 Å². The first-order valence-corrected chi connectivity index (χ1v) is 9.79. The molecule has 26 heavy (non-hydrogen) atoms. The minimum Gasteiger partial charge on any atom is -0.350 e. The van der Waals surface area contributed by atoms with Crippen LogP contribution in [0.25, 0.3) is 0 Å². The molecule has 0 spiro atoms. The summed E-state index contributed by atoms with van der Waals surface area (Å²) >= 11 is 7.39. The third-order valence-electron chi connectivity index (χ3n) is 3.60. The molecule has 0 fully saturated rings. The lowest BCUT2D eigenvalue weighted by Gasteiger charge is -2.17. The van der Waals surface area contributed by atoms with Gasteiger partial charge in [0, 0.05) is 16.0 Å². The van der Waals surface area contributed by atoms with Gasteiger partial charge in [-0.3, -0.25) is 9.59 Å². The molecular formula is C20H23ClN2O2S. The van der Waals surface area contributed by atoms with E-state index < -0.39 is 0 Å². The number of amides is 2. The van der Waals surface area contributed by atoms with Gasteiger partial charge in [0.1, 0.15) is 0 Å². The molecule has 2 rings (SSSR count). The number of thioether (sulfide) groups is 1. The Morgan fingerprint density at radius 3 is 2.35 bits per heavy atom. The highest BCUT2D eigenvalue weighted by molar-refractivity contribution is 8.00. The maximum Gasteiger partial charge on any atom is 0.253 e. The lowest BCUT2D eigenvalue weighted by molar-refractivity contribution is -0.115. The van der Waals surface area contributed by atoms with Gasteiger partial charge < -0.3 is 10.6 Å². The van der Waals surface area contributed by atoms with Crippen LogP contribution in [0.2, 0.25) is 5.02 Å². The molecule has 0 heterocycles. The van der Waals surface area contributed by atoms with Crippen molar-refractivity contribution in [2.24, 2.45) is 0 Å². The number of benzene rings is 2. The Hall–Kier alpha value is -1.98. The van der Waals surface area contributed by atoms with Crippen molar-refractivity contribution < 1.29 is 9.59 Å². The van der Waals surface area contributed by atoms with Crippen LogP contribution in [0.1, 0.15) is 37.6 Å². The number of hydrogen-bond donors (Lipinski definition) is 2. The third kappa shape index (κ3) is 5.78. The van der Waals surface area contributed by atoms with Crippen LogP contribution >= 0.6 is 23.4 Å². The fourth-order valence-corrected chi connectivity index (χ4v) is 3.42. The zero-order chi connectivity index (χ0) is 19.1. The Bertz CT molecular complexity index is 763. The van der Waals surface area contributed by atoms with Crippen molar-refractivity contribution in [2.45, 2.75) is 43.4 Å². The predicted octanol–water partition coefficient (Wildman–Crippen LogP) is 4.99. The van der Waals surface area contributed by atoms with Crippen molar-refractivity contribution in [1.29, 1.82) is 0 Å². The predicted molar refractivity (Wildman–Crippen MR) is 109 cm³/mol. The summed E-state index contributed by atoms with van der Waals surface area (Å²) in [7, 11) is 0. The Kier molecular flexibility index (Phi) is 7.54. The summed E-state index contributed by atoms with van der Waals surface area (Å²) in [5.41, 5.74) is 0.978. The van der Waals surface area contributed by atoms with Gasteiger partial charge in [-0.1, -0.05) is 30.7 Å². The van der Waals surface area contributed by atoms with E-state index in [0.717, 1.165) is 4.90 Å². The number of para-hydroxylation sites is 1. The van der Waals surface area contributed by atoms with Crippen LogP contribution in [0.3, 0.4) is 0 Å². The highest BCUT2D eigenvalue weighted by Gasteiger charge is 2.20. The van der Waals surface area contributed by atoms with Crippen molar-refractivity contribution in [1.82, 2.24) is 5.32 Å². The van der Waals surface area contributed by atoms with Gasteiger partial charge in [-0.2, -0.15) is 0 Å². The number of anilines is 1. The molecule has 0 aliphatic carbocycles. The number of nitrogens with one attached hydrogen (secondary N) is 2. The summed E-state index contributed by atoms with van der Waals surface area (Å²) in [4.78, 5) is 26.0. The van der Waals surface area contributed by atoms with Crippen LogP contribution < -0.4 is 10.6 Å². The Labute approximate surface area is 163 Å². The molecule has 2 aromatic carbocycles. The summed E-state index contributed by atoms with van der Waals surface area (Å²) in [5, 5.41) is 6.15. The lowest BCUT2D eigenvalue weighted by atomic mass is 10.1. The molecule has 0 aliphatic heterocycles. The van der Waals surface area contributed by atoms with Gasteiger partial charge in [0.25, 0.3) is 5.91 Å². The van der Waals surface area contributed by atoms with E-state index in [0.29, 0.717) is 22.7 Å². The summed E-state index contributed by atoms with van der Waals surface area (Å²) in [6, 6.07) is 14.5. The van der Waals surface area contributed by atoms with Crippen molar-refractivity contribution >= 4 is 40.9 Å². The first kappa shape index (κ1) is 20.3. The van der Waals surface area contributed by atoms with E-state index in [-0.39, 0.29) is 23.1 Å². The summed E-state index contributed by atoms with van der Waals surface area (Å²) in [6.07, 6.45) is 0.666. The number of carbonyl (C=O) groups is 2. The molecule has 4 nitrogen and oxygen atoms in total. The van der Waals surface area contributed by atoms with Crippen molar-refractivity contribution in [3.05, 3.63) is 59.1 Å². The van der Waals surface area contributed by atoms with E-state index in [1.54, 1.807) is 36.4 Å². The Morgan fingerprint density at radius 2 is 1.73 bits per heavy atom. The number of halogens is 1. The molecule has 138 valence electrons. The molecule has 0 unspecified atom stereocenters. The molecule has 2 amide bonds. The summed E-state index contributed by atoms with van der Waals surface area (Å²) < 4.78 is 0. The molecular weight excluding hydrogens is 368 g/mol. The highest BCUT2D eigenvalue weighted by atomic mass is 35.5. The lowest BCUT2D eigenvalue weighted by Crippen LogP contribution is -2.32. The minimum atomic E-state index is -0.266. The smallest absolute Gasteiger partial charge is 0.253 e. The summed E-state index contributed by atoms with van der Waals surface area (Å²) in [6.45, 7) is 5.76. The maximum atomic E-state index is 12.7. The van der Waals surface area contributed by atoms with Crippen molar-refractivity contribution in [3.63, 3.8) is 0 Å². The van der Waals surface area contributed by atoms with Gasteiger partial charge in [-0.05, 0) is 56.7 Å². The minimum absolute atomic E-state index is 0.0232. The van der Waals surface area contributed by atoms with Crippen LogP contribution in [-0.4, -0.2) is 23.1 Å². The largest absolute Gasteiger partial charge is 0.350 e. The quantitative estimate of drug-likeness (QED) is 0.655. The second-order valence-electron chi connectivity index (χ2n) is 6.13. The topological polar surface area (TPSA) is 58.2 Å². The second kappa shape index (κ2) is 9.64. The molecule has 2 aromatic rings. The van der Waals surface area contributed by atoms with Crippen LogP contribution in [0.4, 0.5) is 5.69 Å². The highest BCUT2D eigenvalue weighted by Crippen LogP contribution is 2.28. The van der Waals surface area contributed by atoms with Crippen molar-refractivity contribution in [2.75, 3.05) is 5.32 Å². The molecule has 2 N–H and O–H groups in total. The molecule has 0 radical (unpaired) electrons. The van der Waals surface area contributed by atoms with Gasteiger partial charge in [0.15, 0.2) is 0 Å². The fraction of sp³-hybridized carbons (Fsp3) is 0.300. The average Bonchev–Trinajstić information content (AvgIpc) is 2.61. The zero-order valence-electron chi connectivity index (χ0n) is 15.1. The van der Waals surface area contributed by atoms with E-state index in [4.69, 9.17) is 11.6 Å². The van der Waals surface area contributed by atoms with Gasteiger partial charge in [-0.15, -0.1) is 11.8 Å². The van der Waals surface area contributed by atoms with Gasteiger partial charge in [0.2, 0.25) is 5.91 Å². The first-order valence-electron chi connectivity index (χ1n) is 8.53. The van der Waals surface area contributed by atoms with Crippen molar-refractivity contribution in [3.8, 4) is 0 Å². The van der Waals surface area contributed by atoms with Crippen LogP contribution in [-0.2, 0) is 4.79 Å². The van der Waals surface area contributed by atoms with Gasteiger partial charge >= 0.3 is 0 Å². The number of carbonyl (C=O) groups excluding carboxylic acids is 2. The third-order valence-corrected chi connectivity index (χ3v) is 5.23.